The minimum atomic E-state index is -3.43. The van der Waals surface area contributed by atoms with Crippen LogP contribution in [0, 0.1) is 0 Å². The molecular weight excluding hydrogens is 218 g/mol. The van der Waals surface area contributed by atoms with Gasteiger partial charge in [-0.05, 0) is 18.2 Å². The van der Waals surface area contributed by atoms with E-state index < -0.39 is 10.2 Å². The summed E-state index contributed by atoms with van der Waals surface area (Å²) in [5, 5.41) is 8.72. The Balaban J connectivity index is 2.63. The Bertz CT molecular complexity index is 500. The molecule has 0 atom stereocenters. The molecule has 1 aromatic rings. The maximum atomic E-state index is 11.7. The van der Waals surface area contributed by atoms with Crippen LogP contribution in [-0.2, 0) is 10.2 Å². The molecule has 0 saturated heterocycles. The van der Waals surface area contributed by atoms with Crippen LogP contribution in [0.5, 0.6) is 0 Å². The summed E-state index contributed by atoms with van der Waals surface area (Å²) in [5.74, 6) is 0. The predicted molar refractivity (Wildman–Crippen MR) is 57.6 cm³/mol. The van der Waals surface area contributed by atoms with Gasteiger partial charge in [-0.3, -0.25) is 19.3 Å². The smallest absolute Gasteiger partial charge is 0.291 e. The Hall–Kier alpha value is -1.47. The van der Waals surface area contributed by atoms with E-state index in [2.05, 4.69) is 0 Å². The molecule has 6 nitrogen and oxygen atoms in total. The third kappa shape index (κ3) is 1.24. The number of hydrogen-bond acceptors (Lipinski definition) is 4. The fourth-order valence-electron chi connectivity index (χ4n) is 1.54. The van der Waals surface area contributed by atoms with Crippen molar-refractivity contribution in [1.82, 2.24) is 0 Å². The molecule has 0 amide bonds. The van der Waals surface area contributed by atoms with Gasteiger partial charge in [-0.1, -0.05) is 0 Å². The highest BCUT2D eigenvalue weighted by Gasteiger charge is 2.35. The maximum absolute atomic E-state index is 11.7. The summed E-state index contributed by atoms with van der Waals surface area (Å²) < 4.78 is 25.8. The Kier molecular flexibility index (Phi) is 2.02. The molecule has 0 fully saturated rings. The van der Waals surface area contributed by atoms with Crippen molar-refractivity contribution in [2.24, 2.45) is 0 Å². The van der Waals surface area contributed by atoms with E-state index in [1.54, 1.807) is 18.2 Å². The highest BCUT2D eigenvalue weighted by Crippen LogP contribution is 2.40. The SMILES string of the molecule is CN1c2ccc(NO)cc2N(C)S1(=O)=O. The lowest BCUT2D eigenvalue weighted by atomic mass is 10.2. The van der Waals surface area contributed by atoms with Crippen LogP contribution >= 0.6 is 0 Å². The van der Waals surface area contributed by atoms with Crippen molar-refractivity contribution >= 4 is 27.3 Å². The van der Waals surface area contributed by atoms with Gasteiger partial charge in [0, 0.05) is 14.1 Å². The highest BCUT2D eigenvalue weighted by atomic mass is 32.2. The molecule has 2 N–H and O–H groups in total. The predicted octanol–water partition coefficient (Wildman–Crippen LogP) is 0.619. The van der Waals surface area contributed by atoms with Crippen molar-refractivity contribution in [2.45, 2.75) is 0 Å². The topological polar surface area (TPSA) is 72.9 Å². The van der Waals surface area contributed by atoms with E-state index in [1.807, 2.05) is 5.48 Å². The van der Waals surface area contributed by atoms with E-state index >= 15 is 0 Å². The molecule has 0 unspecified atom stereocenters. The first-order valence-electron chi connectivity index (χ1n) is 4.25. The molecule has 0 aromatic heterocycles. The van der Waals surface area contributed by atoms with Gasteiger partial charge in [0.15, 0.2) is 0 Å². The summed E-state index contributed by atoms with van der Waals surface area (Å²) in [6.07, 6.45) is 0. The van der Waals surface area contributed by atoms with Gasteiger partial charge in [0.25, 0.3) is 0 Å². The van der Waals surface area contributed by atoms with Crippen LogP contribution < -0.4 is 14.1 Å². The van der Waals surface area contributed by atoms with Gasteiger partial charge in [0.2, 0.25) is 0 Å². The number of hydrogen-bond donors (Lipinski definition) is 2. The second kappa shape index (κ2) is 3.01. The van der Waals surface area contributed by atoms with E-state index in [4.69, 9.17) is 5.21 Å². The number of fused-ring (bicyclic) bond motifs is 1. The Labute approximate surface area is 87.9 Å². The normalized spacial score (nSPS) is 17.8. The Morgan fingerprint density at radius 2 is 1.80 bits per heavy atom. The van der Waals surface area contributed by atoms with E-state index in [1.165, 1.54) is 22.7 Å². The van der Waals surface area contributed by atoms with E-state index in [9.17, 15) is 8.42 Å². The summed E-state index contributed by atoms with van der Waals surface area (Å²) in [6.45, 7) is 0. The second-order valence-electron chi connectivity index (χ2n) is 3.26. The van der Waals surface area contributed by atoms with Crippen LogP contribution in [0.2, 0.25) is 0 Å². The zero-order valence-corrected chi connectivity index (χ0v) is 9.11. The molecule has 7 heteroatoms. The Morgan fingerprint density at radius 3 is 2.40 bits per heavy atom. The van der Waals surface area contributed by atoms with Crippen molar-refractivity contribution in [2.75, 3.05) is 28.2 Å². The molecule has 1 aromatic carbocycles. The number of anilines is 3. The zero-order valence-electron chi connectivity index (χ0n) is 8.30. The van der Waals surface area contributed by atoms with Crippen LogP contribution in [-0.4, -0.2) is 27.7 Å². The molecule has 0 bridgehead atoms. The van der Waals surface area contributed by atoms with E-state index in [0.717, 1.165) is 0 Å². The molecule has 1 aliphatic rings. The summed E-state index contributed by atoms with van der Waals surface area (Å²) >= 11 is 0. The zero-order chi connectivity index (χ0) is 11.2. The maximum Gasteiger partial charge on any atom is 0.326 e. The van der Waals surface area contributed by atoms with Crippen LogP contribution in [0.15, 0.2) is 18.2 Å². The van der Waals surface area contributed by atoms with Crippen LogP contribution in [0.25, 0.3) is 0 Å². The van der Waals surface area contributed by atoms with E-state index in [-0.39, 0.29) is 0 Å². The quantitative estimate of drug-likeness (QED) is 0.692. The minimum absolute atomic E-state index is 0.450. The van der Waals surface area contributed by atoms with Crippen molar-refractivity contribution in [3.63, 3.8) is 0 Å². The first kappa shape index (κ1) is 10.1. The number of benzene rings is 1. The fraction of sp³-hybridized carbons (Fsp3) is 0.250. The molecule has 0 saturated carbocycles. The molecule has 1 aliphatic heterocycles. The van der Waals surface area contributed by atoms with Crippen LogP contribution in [0.1, 0.15) is 0 Å². The standard InChI is InChI=1S/C8H11N3O3S/c1-10-7-4-3-6(9-12)5-8(7)11(2)15(10,13)14/h3-5,9,12H,1-2H3. The van der Waals surface area contributed by atoms with Gasteiger partial charge < -0.3 is 0 Å². The monoisotopic (exact) mass is 229 g/mol. The lowest BCUT2D eigenvalue weighted by Gasteiger charge is -2.13. The van der Waals surface area contributed by atoms with E-state index in [0.29, 0.717) is 17.1 Å². The minimum Gasteiger partial charge on any atom is -0.291 e. The van der Waals surface area contributed by atoms with Crippen molar-refractivity contribution in [1.29, 1.82) is 0 Å². The second-order valence-corrected chi connectivity index (χ2v) is 5.25. The summed E-state index contributed by atoms with van der Waals surface area (Å²) in [6, 6.07) is 4.80. The third-order valence-corrected chi connectivity index (χ3v) is 4.25. The molecule has 0 spiro atoms. The first-order chi connectivity index (χ1) is 6.98. The van der Waals surface area contributed by atoms with Crippen LogP contribution in [0.4, 0.5) is 17.1 Å². The number of rotatable bonds is 1. The van der Waals surface area contributed by atoms with Crippen LogP contribution in [0.3, 0.4) is 0 Å². The summed E-state index contributed by atoms with van der Waals surface area (Å²) in [4.78, 5) is 0. The largest absolute Gasteiger partial charge is 0.326 e. The molecule has 2 rings (SSSR count). The van der Waals surface area contributed by atoms with Gasteiger partial charge in [-0.2, -0.15) is 8.42 Å². The molecule has 0 aliphatic carbocycles. The molecule has 15 heavy (non-hydrogen) atoms. The fourth-order valence-corrected chi connectivity index (χ4v) is 2.71. The lowest BCUT2D eigenvalue weighted by molar-refractivity contribution is 0.389. The molecule has 0 radical (unpaired) electrons. The average molecular weight is 229 g/mol. The molecular formula is C8H11N3O3S. The average Bonchev–Trinajstić information content (AvgIpc) is 2.40. The summed E-state index contributed by atoms with van der Waals surface area (Å²) in [7, 11) is -0.470. The lowest BCUT2D eigenvalue weighted by Crippen LogP contribution is -2.32. The van der Waals surface area contributed by atoms with Gasteiger partial charge in [-0.25, -0.2) is 0 Å². The highest BCUT2D eigenvalue weighted by molar-refractivity contribution is 7.94. The number of nitrogens with one attached hydrogen (secondary N) is 1. The van der Waals surface area contributed by atoms with Gasteiger partial charge >= 0.3 is 10.2 Å². The first-order valence-corrected chi connectivity index (χ1v) is 5.65. The van der Waals surface area contributed by atoms with Crippen molar-refractivity contribution in [3.8, 4) is 0 Å². The van der Waals surface area contributed by atoms with Gasteiger partial charge in [0.1, 0.15) is 0 Å². The molecule has 1 heterocycles. The third-order valence-electron chi connectivity index (χ3n) is 2.48. The summed E-state index contributed by atoms with van der Waals surface area (Å²) in [5.41, 5.74) is 3.56. The number of nitrogens with zero attached hydrogens (tertiary/aromatic N) is 2. The van der Waals surface area contributed by atoms with Gasteiger partial charge in [-0.15, -0.1) is 0 Å². The van der Waals surface area contributed by atoms with Crippen molar-refractivity contribution in [3.05, 3.63) is 18.2 Å². The van der Waals surface area contributed by atoms with Crippen molar-refractivity contribution < 1.29 is 13.6 Å². The van der Waals surface area contributed by atoms with Gasteiger partial charge in [0.05, 0.1) is 17.1 Å². The molecule has 82 valence electrons. The Morgan fingerprint density at radius 1 is 1.20 bits per heavy atom.